The van der Waals surface area contributed by atoms with Gasteiger partial charge in [0.25, 0.3) is 0 Å². The Morgan fingerprint density at radius 3 is 2.57 bits per heavy atom. The molecule has 0 fully saturated rings. The second-order valence-corrected chi connectivity index (χ2v) is 4.77. The summed E-state index contributed by atoms with van der Waals surface area (Å²) in [6.07, 6.45) is 0. The number of hydrogen-bond donors (Lipinski definition) is 1. The molecule has 0 heterocycles. The van der Waals surface area contributed by atoms with Crippen molar-refractivity contribution >= 4 is 0 Å². The van der Waals surface area contributed by atoms with Crippen LogP contribution in [-0.2, 0) is 6.54 Å². The van der Waals surface area contributed by atoms with Crippen LogP contribution in [0.25, 0.3) is 0 Å². The Morgan fingerprint density at radius 1 is 1.24 bits per heavy atom. The van der Waals surface area contributed by atoms with Gasteiger partial charge in [0, 0.05) is 18.2 Å². The van der Waals surface area contributed by atoms with Gasteiger partial charge in [0.15, 0.2) is 0 Å². The fraction of sp³-hybridized carbons (Fsp3) is 0.235. The fourth-order valence-corrected chi connectivity index (χ4v) is 2.19. The van der Waals surface area contributed by atoms with Crippen molar-refractivity contribution in [1.82, 2.24) is 5.32 Å². The zero-order valence-corrected chi connectivity index (χ0v) is 12.1. The lowest BCUT2D eigenvalue weighted by atomic mass is 10.1. The van der Waals surface area contributed by atoms with Gasteiger partial charge in [-0.1, -0.05) is 18.2 Å². The van der Waals surface area contributed by atoms with Gasteiger partial charge in [0.1, 0.15) is 11.6 Å². The predicted octanol–water partition coefficient (Wildman–Crippen LogP) is 3.56. The Morgan fingerprint density at radius 2 is 1.95 bits per heavy atom. The smallest absolute Gasteiger partial charge is 0.131 e. The SMILES string of the molecule is COc1cccc(F)c1C(C)NCc1ccc(C#N)cc1. The minimum atomic E-state index is -0.283. The number of halogens is 1. The molecule has 0 aromatic heterocycles. The van der Waals surface area contributed by atoms with E-state index in [2.05, 4.69) is 11.4 Å². The highest BCUT2D eigenvalue weighted by Crippen LogP contribution is 2.27. The number of benzene rings is 2. The van der Waals surface area contributed by atoms with E-state index in [0.717, 1.165) is 5.56 Å². The lowest BCUT2D eigenvalue weighted by molar-refractivity contribution is 0.393. The summed E-state index contributed by atoms with van der Waals surface area (Å²) in [6, 6.07) is 14.0. The lowest BCUT2D eigenvalue weighted by Crippen LogP contribution is -2.19. The van der Waals surface area contributed by atoms with Crippen molar-refractivity contribution in [3.05, 3.63) is 65.0 Å². The van der Waals surface area contributed by atoms with Gasteiger partial charge in [0.2, 0.25) is 0 Å². The minimum absolute atomic E-state index is 0.184. The number of nitrogens with zero attached hydrogens (tertiary/aromatic N) is 1. The van der Waals surface area contributed by atoms with Crippen LogP contribution in [-0.4, -0.2) is 7.11 Å². The Labute approximate surface area is 124 Å². The van der Waals surface area contributed by atoms with Crippen molar-refractivity contribution in [2.75, 3.05) is 7.11 Å². The zero-order chi connectivity index (χ0) is 15.2. The third-order valence-corrected chi connectivity index (χ3v) is 3.36. The standard InChI is InChI=1S/C17H17FN2O/c1-12(17-15(18)4-3-5-16(17)21-2)20-11-14-8-6-13(10-19)7-9-14/h3-9,12,20H,11H2,1-2H3. The fourth-order valence-electron chi connectivity index (χ4n) is 2.19. The lowest BCUT2D eigenvalue weighted by Gasteiger charge is -2.18. The van der Waals surface area contributed by atoms with Gasteiger partial charge >= 0.3 is 0 Å². The van der Waals surface area contributed by atoms with Crippen molar-refractivity contribution in [2.45, 2.75) is 19.5 Å². The zero-order valence-electron chi connectivity index (χ0n) is 12.1. The monoisotopic (exact) mass is 284 g/mol. The average molecular weight is 284 g/mol. The van der Waals surface area contributed by atoms with E-state index in [9.17, 15) is 4.39 Å². The van der Waals surface area contributed by atoms with E-state index in [4.69, 9.17) is 10.00 Å². The van der Waals surface area contributed by atoms with Crippen molar-refractivity contribution in [3.8, 4) is 11.8 Å². The molecule has 1 unspecified atom stereocenters. The van der Waals surface area contributed by atoms with Crippen molar-refractivity contribution in [3.63, 3.8) is 0 Å². The van der Waals surface area contributed by atoms with E-state index in [1.807, 2.05) is 19.1 Å². The summed E-state index contributed by atoms with van der Waals surface area (Å²) in [6.45, 7) is 2.48. The second kappa shape index (κ2) is 6.87. The summed E-state index contributed by atoms with van der Waals surface area (Å²) in [4.78, 5) is 0. The van der Waals surface area contributed by atoms with Crippen LogP contribution < -0.4 is 10.1 Å². The molecule has 0 amide bonds. The first-order valence-corrected chi connectivity index (χ1v) is 6.70. The molecule has 0 saturated heterocycles. The first-order valence-electron chi connectivity index (χ1n) is 6.70. The van der Waals surface area contributed by atoms with E-state index in [1.54, 1.807) is 24.3 Å². The molecule has 0 aliphatic heterocycles. The van der Waals surface area contributed by atoms with Gasteiger partial charge in [-0.2, -0.15) is 5.26 Å². The van der Waals surface area contributed by atoms with Crippen LogP contribution in [0.4, 0.5) is 4.39 Å². The highest BCUT2D eigenvalue weighted by molar-refractivity contribution is 5.37. The Kier molecular flexibility index (Phi) is 4.91. The molecule has 2 aromatic carbocycles. The highest BCUT2D eigenvalue weighted by atomic mass is 19.1. The van der Waals surface area contributed by atoms with E-state index < -0.39 is 0 Å². The summed E-state index contributed by atoms with van der Waals surface area (Å²) in [5, 5.41) is 12.0. The molecule has 0 spiro atoms. The molecule has 1 N–H and O–H groups in total. The van der Waals surface area contributed by atoms with Gasteiger partial charge in [-0.25, -0.2) is 4.39 Å². The predicted molar refractivity (Wildman–Crippen MR) is 79.4 cm³/mol. The molecule has 1 atom stereocenters. The quantitative estimate of drug-likeness (QED) is 0.913. The van der Waals surface area contributed by atoms with Crippen LogP contribution in [0.2, 0.25) is 0 Å². The molecule has 0 aliphatic rings. The summed E-state index contributed by atoms with van der Waals surface area (Å²) in [5.41, 5.74) is 2.19. The average Bonchev–Trinajstić information content (AvgIpc) is 2.52. The maximum atomic E-state index is 14.0. The number of nitriles is 1. The van der Waals surface area contributed by atoms with Gasteiger partial charge in [-0.3, -0.25) is 0 Å². The van der Waals surface area contributed by atoms with Gasteiger partial charge in [-0.15, -0.1) is 0 Å². The Bertz CT molecular complexity index is 647. The molecular weight excluding hydrogens is 267 g/mol. The van der Waals surface area contributed by atoms with Crippen molar-refractivity contribution in [2.24, 2.45) is 0 Å². The maximum absolute atomic E-state index is 14.0. The molecule has 3 nitrogen and oxygen atoms in total. The summed E-state index contributed by atoms with van der Waals surface area (Å²) < 4.78 is 19.2. The molecule has 2 aromatic rings. The number of hydrogen-bond acceptors (Lipinski definition) is 3. The van der Waals surface area contributed by atoms with Gasteiger partial charge in [0.05, 0.1) is 18.7 Å². The number of nitrogens with one attached hydrogen (secondary N) is 1. The third-order valence-electron chi connectivity index (χ3n) is 3.36. The van der Waals surface area contributed by atoms with Gasteiger partial charge in [-0.05, 0) is 36.8 Å². The molecule has 108 valence electrons. The summed E-state index contributed by atoms with van der Waals surface area (Å²) in [5.74, 6) is 0.254. The van der Waals surface area contributed by atoms with E-state index in [0.29, 0.717) is 23.4 Å². The highest BCUT2D eigenvalue weighted by Gasteiger charge is 2.15. The van der Waals surface area contributed by atoms with Crippen molar-refractivity contribution < 1.29 is 9.13 Å². The largest absolute Gasteiger partial charge is 0.496 e. The van der Waals surface area contributed by atoms with E-state index >= 15 is 0 Å². The first kappa shape index (κ1) is 15.0. The molecule has 2 rings (SSSR count). The van der Waals surface area contributed by atoms with Gasteiger partial charge < -0.3 is 10.1 Å². The maximum Gasteiger partial charge on any atom is 0.131 e. The molecule has 0 aliphatic carbocycles. The minimum Gasteiger partial charge on any atom is -0.496 e. The second-order valence-electron chi connectivity index (χ2n) is 4.77. The molecule has 0 radical (unpaired) electrons. The van der Waals surface area contributed by atoms with Crippen LogP contribution in [0.15, 0.2) is 42.5 Å². The van der Waals surface area contributed by atoms with E-state index in [-0.39, 0.29) is 11.9 Å². The third kappa shape index (κ3) is 3.59. The normalized spacial score (nSPS) is 11.7. The first-order chi connectivity index (χ1) is 10.2. The van der Waals surface area contributed by atoms with Crippen LogP contribution in [0, 0.1) is 17.1 Å². The molecule has 0 bridgehead atoms. The summed E-state index contributed by atoms with van der Waals surface area (Å²) >= 11 is 0. The van der Waals surface area contributed by atoms with Crippen LogP contribution >= 0.6 is 0 Å². The number of methoxy groups -OCH3 is 1. The van der Waals surface area contributed by atoms with Crippen LogP contribution in [0.5, 0.6) is 5.75 Å². The summed E-state index contributed by atoms with van der Waals surface area (Å²) in [7, 11) is 1.53. The van der Waals surface area contributed by atoms with Crippen LogP contribution in [0.3, 0.4) is 0 Å². The molecule has 21 heavy (non-hydrogen) atoms. The Balaban J connectivity index is 2.08. The number of ether oxygens (including phenoxy) is 1. The van der Waals surface area contributed by atoms with Crippen molar-refractivity contribution in [1.29, 1.82) is 5.26 Å². The topological polar surface area (TPSA) is 45.0 Å². The molecule has 4 heteroatoms. The number of rotatable bonds is 5. The van der Waals surface area contributed by atoms with E-state index in [1.165, 1.54) is 13.2 Å². The molecule has 0 saturated carbocycles. The Hall–Kier alpha value is -2.38. The molecular formula is C17H17FN2O. The van der Waals surface area contributed by atoms with Crippen LogP contribution in [0.1, 0.15) is 29.7 Å².